The van der Waals surface area contributed by atoms with Crippen LogP contribution in [0.15, 0.2) is 35.2 Å². The summed E-state index contributed by atoms with van der Waals surface area (Å²) in [7, 11) is -2.27. The van der Waals surface area contributed by atoms with Crippen molar-refractivity contribution >= 4 is 16.0 Å². The third-order valence-electron chi connectivity index (χ3n) is 2.11. The first-order chi connectivity index (χ1) is 7.98. The molecule has 5 nitrogen and oxygen atoms in total. The summed E-state index contributed by atoms with van der Waals surface area (Å²) in [5.41, 5.74) is 0. The van der Waals surface area contributed by atoms with Gasteiger partial charge in [0.25, 0.3) is 0 Å². The molecule has 1 aromatic rings. The van der Waals surface area contributed by atoms with Crippen molar-refractivity contribution in [3.05, 3.63) is 30.3 Å². The number of esters is 1. The highest BCUT2D eigenvalue weighted by Gasteiger charge is 2.22. The molecule has 6 heteroatoms. The molecular formula is C11H15NO4S. The molecule has 0 heterocycles. The lowest BCUT2D eigenvalue weighted by Crippen LogP contribution is -2.33. The lowest BCUT2D eigenvalue weighted by Gasteiger charge is -2.15. The predicted octanol–water partition coefficient (Wildman–Crippen LogP) is 0.870. The summed E-state index contributed by atoms with van der Waals surface area (Å²) in [5.74, 6) is -0.561. The van der Waals surface area contributed by atoms with Crippen LogP contribution in [0.4, 0.5) is 0 Å². The van der Waals surface area contributed by atoms with Gasteiger partial charge in [0, 0.05) is 7.05 Å². The van der Waals surface area contributed by atoms with E-state index in [2.05, 4.69) is 0 Å². The van der Waals surface area contributed by atoms with Gasteiger partial charge in [-0.3, -0.25) is 4.79 Å². The molecule has 0 N–H and O–H groups in total. The first-order valence-corrected chi connectivity index (χ1v) is 6.59. The Hall–Kier alpha value is -1.40. The van der Waals surface area contributed by atoms with Gasteiger partial charge in [-0.15, -0.1) is 0 Å². The lowest BCUT2D eigenvalue weighted by molar-refractivity contribution is -0.143. The monoisotopic (exact) mass is 257 g/mol. The van der Waals surface area contributed by atoms with Crippen molar-refractivity contribution in [1.29, 1.82) is 0 Å². The van der Waals surface area contributed by atoms with E-state index in [-0.39, 0.29) is 18.0 Å². The van der Waals surface area contributed by atoms with Crippen LogP contribution in [-0.2, 0) is 19.6 Å². The molecule has 0 saturated carbocycles. The number of ether oxygens (including phenoxy) is 1. The van der Waals surface area contributed by atoms with Crippen LogP contribution in [0.3, 0.4) is 0 Å². The fourth-order valence-corrected chi connectivity index (χ4v) is 2.38. The summed E-state index contributed by atoms with van der Waals surface area (Å²) in [6, 6.07) is 7.95. The lowest BCUT2D eigenvalue weighted by atomic mass is 10.4. The van der Waals surface area contributed by atoms with Gasteiger partial charge in [-0.1, -0.05) is 18.2 Å². The van der Waals surface area contributed by atoms with Crippen molar-refractivity contribution in [2.75, 3.05) is 20.2 Å². The van der Waals surface area contributed by atoms with Crippen LogP contribution in [0.1, 0.15) is 6.92 Å². The Morgan fingerprint density at radius 1 is 1.29 bits per heavy atom. The summed E-state index contributed by atoms with van der Waals surface area (Å²) >= 11 is 0. The van der Waals surface area contributed by atoms with Crippen molar-refractivity contribution in [3.63, 3.8) is 0 Å². The molecular weight excluding hydrogens is 242 g/mol. The van der Waals surface area contributed by atoms with E-state index in [0.717, 1.165) is 4.31 Å². The van der Waals surface area contributed by atoms with E-state index in [1.54, 1.807) is 25.1 Å². The normalized spacial score (nSPS) is 11.5. The van der Waals surface area contributed by atoms with E-state index in [0.29, 0.717) is 0 Å². The first-order valence-electron chi connectivity index (χ1n) is 5.15. The van der Waals surface area contributed by atoms with Gasteiger partial charge >= 0.3 is 5.97 Å². The fraction of sp³-hybridized carbons (Fsp3) is 0.364. The van der Waals surface area contributed by atoms with Crippen molar-refractivity contribution in [2.45, 2.75) is 11.8 Å². The van der Waals surface area contributed by atoms with Gasteiger partial charge in [0.2, 0.25) is 10.0 Å². The van der Waals surface area contributed by atoms with Crippen molar-refractivity contribution in [3.8, 4) is 0 Å². The summed E-state index contributed by atoms with van der Waals surface area (Å²) < 4.78 is 29.7. The Bertz CT molecular complexity index is 470. The fourth-order valence-electron chi connectivity index (χ4n) is 1.25. The average Bonchev–Trinajstić information content (AvgIpc) is 2.30. The van der Waals surface area contributed by atoms with E-state index in [4.69, 9.17) is 4.74 Å². The average molecular weight is 257 g/mol. The van der Waals surface area contributed by atoms with Crippen LogP contribution >= 0.6 is 0 Å². The van der Waals surface area contributed by atoms with Crippen LogP contribution in [0.25, 0.3) is 0 Å². The smallest absolute Gasteiger partial charge is 0.321 e. The summed E-state index contributed by atoms with van der Waals surface area (Å²) in [5, 5.41) is 0. The van der Waals surface area contributed by atoms with Crippen LogP contribution in [0, 0.1) is 0 Å². The number of likely N-dealkylation sites (N-methyl/N-ethyl adjacent to an activating group) is 1. The Balaban J connectivity index is 2.82. The van der Waals surface area contributed by atoms with Gasteiger partial charge < -0.3 is 4.74 Å². The number of benzene rings is 1. The molecule has 1 aromatic carbocycles. The minimum Gasteiger partial charge on any atom is -0.465 e. The van der Waals surface area contributed by atoms with E-state index in [1.807, 2.05) is 0 Å². The van der Waals surface area contributed by atoms with Crippen LogP contribution in [0.2, 0.25) is 0 Å². The largest absolute Gasteiger partial charge is 0.465 e. The Morgan fingerprint density at radius 3 is 2.41 bits per heavy atom. The topological polar surface area (TPSA) is 63.7 Å². The number of hydrogen-bond acceptors (Lipinski definition) is 4. The molecule has 0 saturated heterocycles. The maximum atomic E-state index is 12.0. The SMILES string of the molecule is CCOC(=O)CN(C)S(=O)(=O)c1ccccc1. The van der Waals surface area contributed by atoms with Gasteiger partial charge in [0.1, 0.15) is 6.54 Å². The molecule has 0 bridgehead atoms. The van der Waals surface area contributed by atoms with E-state index >= 15 is 0 Å². The Labute approximate surface area is 101 Å². The maximum absolute atomic E-state index is 12.0. The quantitative estimate of drug-likeness (QED) is 0.734. The highest BCUT2D eigenvalue weighted by molar-refractivity contribution is 7.89. The minimum absolute atomic E-state index is 0.159. The molecule has 0 radical (unpaired) electrons. The number of carbonyl (C=O) groups is 1. The maximum Gasteiger partial charge on any atom is 0.321 e. The second-order valence-electron chi connectivity index (χ2n) is 3.38. The second-order valence-corrected chi connectivity index (χ2v) is 5.42. The van der Waals surface area contributed by atoms with Gasteiger partial charge in [-0.25, -0.2) is 8.42 Å². The van der Waals surface area contributed by atoms with Gasteiger partial charge in [-0.05, 0) is 19.1 Å². The molecule has 0 unspecified atom stereocenters. The number of carbonyl (C=O) groups excluding carboxylic acids is 1. The van der Waals surface area contributed by atoms with Crippen LogP contribution in [-0.4, -0.2) is 38.9 Å². The van der Waals surface area contributed by atoms with E-state index in [1.165, 1.54) is 19.2 Å². The van der Waals surface area contributed by atoms with Gasteiger partial charge in [0.05, 0.1) is 11.5 Å². The molecule has 0 amide bonds. The van der Waals surface area contributed by atoms with Crippen molar-refractivity contribution < 1.29 is 17.9 Å². The van der Waals surface area contributed by atoms with Crippen molar-refractivity contribution in [1.82, 2.24) is 4.31 Å². The third kappa shape index (κ3) is 3.54. The van der Waals surface area contributed by atoms with Gasteiger partial charge in [-0.2, -0.15) is 4.31 Å². The first kappa shape index (κ1) is 13.7. The summed E-state index contributed by atoms with van der Waals surface area (Å²) in [6.07, 6.45) is 0. The molecule has 0 fully saturated rings. The molecule has 0 aromatic heterocycles. The van der Waals surface area contributed by atoms with Crippen LogP contribution < -0.4 is 0 Å². The molecule has 0 aliphatic heterocycles. The zero-order valence-electron chi connectivity index (χ0n) is 9.79. The Morgan fingerprint density at radius 2 is 1.88 bits per heavy atom. The zero-order chi connectivity index (χ0) is 12.9. The highest BCUT2D eigenvalue weighted by Crippen LogP contribution is 2.12. The zero-order valence-corrected chi connectivity index (χ0v) is 10.6. The molecule has 0 spiro atoms. The number of sulfonamides is 1. The standard InChI is InChI=1S/C11H15NO4S/c1-3-16-11(13)9-12(2)17(14,15)10-7-5-4-6-8-10/h4-8H,3,9H2,1-2H3. The number of hydrogen-bond donors (Lipinski definition) is 0. The summed E-state index contributed by atoms with van der Waals surface area (Å²) in [4.78, 5) is 11.4. The van der Waals surface area contributed by atoms with Crippen LogP contribution in [0.5, 0.6) is 0 Å². The second kappa shape index (κ2) is 5.79. The van der Waals surface area contributed by atoms with E-state index < -0.39 is 16.0 Å². The Kier molecular flexibility index (Phi) is 4.65. The predicted molar refractivity (Wildman–Crippen MR) is 62.9 cm³/mol. The number of nitrogens with zero attached hydrogens (tertiary/aromatic N) is 1. The third-order valence-corrected chi connectivity index (χ3v) is 3.93. The van der Waals surface area contributed by atoms with Crippen molar-refractivity contribution in [2.24, 2.45) is 0 Å². The summed E-state index contributed by atoms with van der Waals surface area (Å²) in [6.45, 7) is 1.62. The molecule has 0 aliphatic rings. The van der Waals surface area contributed by atoms with E-state index in [9.17, 15) is 13.2 Å². The molecule has 94 valence electrons. The minimum atomic E-state index is -3.62. The highest BCUT2D eigenvalue weighted by atomic mass is 32.2. The molecule has 17 heavy (non-hydrogen) atoms. The number of rotatable bonds is 5. The van der Waals surface area contributed by atoms with Gasteiger partial charge in [0.15, 0.2) is 0 Å². The molecule has 1 rings (SSSR count). The molecule has 0 aliphatic carbocycles. The molecule has 0 atom stereocenters.